The number of nitrogen functional groups attached to an aromatic ring is 1. The first-order valence-corrected chi connectivity index (χ1v) is 4.13. The molecule has 0 aliphatic heterocycles. The van der Waals surface area contributed by atoms with Crippen molar-refractivity contribution in [2.75, 3.05) is 5.73 Å². The van der Waals surface area contributed by atoms with Crippen LogP contribution in [-0.4, -0.2) is 10.2 Å². The Morgan fingerprint density at radius 2 is 2.15 bits per heavy atom. The summed E-state index contributed by atoms with van der Waals surface area (Å²) in [4.78, 5) is 0. The molecule has 0 bridgehead atoms. The molecule has 3 N–H and O–H groups in total. The lowest BCUT2D eigenvalue weighted by Crippen LogP contribution is -1.88. The highest BCUT2D eigenvalue weighted by atomic mass is 15.1. The van der Waals surface area contributed by atoms with Gasteiger partial charge in [-0.25, -0.2) is 0 Å². The number of hydrogen-bond acceptors (Lipinski definition) is 2. The molecule has 2 aromatic rings. The second-order valence-corrected chi connectivity index (χ2v) is 3.04. The highest BCUT2D eigenvalue weighted by Crippen LogP contribution is 2.22. The van der Waals surface area contributed by atoms with Crippen LogP contribution in [0.5, 0.6) is 0 Å². The summed E-state index contributed by atoms with van der Waals surface area (Å²) in [5.41, 5.74) is 9.78. The summed E-state index contributed by atoms with van der Waals surface area (Å²) in [7, 11) is 0. The van der Waals surface area contributed by atoms with Gasteiger partial charge in [0.05, 0.1) is 5.69 Å². The first-order chi connectivity index (χ1) is 6.27. The Morgan fingerprint density at radius 3 is 2.85 bits per heavy atom. The van der Waals surface area contributed by atoms with Gasteiger partial charge in [-0.1, -0.05) is 6.07 Å². The Labute approximate surface area is 76.6 Å². The molecule has 2 rings (SSSR count). The van der Waals surface area contributed by atoms with Gasteiger partial charge >= 0.3 is 0 Å². The van der Waals surface area contributed by atoms with E-state index in [0.29, 0.717) is 0 Å². The van der Waals surface area contributed by atoms with Crippen LogP contribution in [0.1, 0.15) is 5.56 Å². The Bertz CT molecular complexity index is 404. The lowest BCUT2D eigenvalue weighted by Gasteiger charge is -2.03. The number of H-pyrrole nitrogens is 1. The Hall–Kier alpha value is -1.77. The zero-order valence-corrected chi connectivity index (χ0v) is 7.41. The SMILES string of the molecule is Cc1ccc(N)cc1-c1ccn[nH]1. The second kappa shape index (κ2) is 2.94. The molecule has 66 valence electrons. The molecule has 0 fully saturated rings. The molecule has 0 spiro atoms. The summed E-state index contributed by atoms with van der Waals surface area (Å²) in [6, 6.07) is 7.78. The quantitative estimate of drug-likeness (QED) is 0.648. The van der Waals surface area contributed by atoms with Gasteiger partial charge in [0.25, 0.3) is 0 Å². The second-order valence-electron chi connectivity index (χ2n) is 3.04. The number of benzene rings is 1. The molecule has 3 heteroatoms. The van der Waals surface area contributed by atoms with Crippen LogP contribution in [0.4, 0.5) is 5.69 Å². The van der Waals surface area contributed by atoms with Crippen LogP contribution in [0.25, 0.3) is 11.3 Å². The zero-order valence-electron chi connectivity index (χ0n) is 7.41. The average molecular weight is 173 g/mol. The summed E-state index contributed by atoms with van der Waals surface area (Å²) in [5.74, 6) is 0. The maximum absolute atomic E-state index is 5.70. The van der Waals surface area contributed by atoms with Crippen molar-refractivity contribution in [3.8, 4) is 11.3 Å². The number of aryl methyl sites for hydroxylation is 1. The predicted octanol–water partition coefficient (Wildman–Crippen LogP) is 1.97. The van der Waals surface area contributed by atoms with Crippen LogP contribution in [0, 0.1) is 6.92 Å². The third-order valence-corrected chi connectivity index (χ3v) is 2.05. The average Bonchev–Trinajstić information content (AvgIpc) is 2.61. The van der Waals surface area contributed by atoms with E-state index in [0.717, 1.165) is 16.9 Å². The molecule has 1 aromatic heterocycles. The number of nitrogens with one attached hydrogen (secondary N) is 1. The van der Waals surface area contributed by atoms with Crippen LogP contribution in [0.3, 0.4) is 0 Å². The van der Waals surface area contributed by atoms with Crippen molar-refractivity contribution in [1.29, 1.82) is 0 Å². The van der Waals surface area contributed by atoms with Crippen molar-refractivity contribution in [1.82, 2.24) is 10.2 Å². The van der Waals surface area contributed by atoms with Crippen molar-refractivity contribution in [3.63, 3.8) is 0 Å². The van der Waals surface area contributed by atoms with Gasteiger partial charge in [0.15, 0.2) is 0 Å². The molecular weight excluding hydrogens is 162 g/mol. The number of hydrogen-bond donors (Lipinski definition) is 2. The molecule has 0 atom stereocenters. The zero-order chi connectivity index (χ0) is 9.26. The summed E-state index contributed by atoms with van der Waals surface area (Å²) in [6.45, 7) is 2.05. The minimum atomic E-state index is 0.773. The van der Waals surface area contributed by atoms with E-state index in [1.54, 1.807) is 6.20 Å². The number of aromatic amines is 1. The van der Waals surface area contributed by atoms with Gasteiger partial charge in [-0.05, 0) is 30.7 Å². The van der Waals surface area contributed by atoms with Crippen molar-refractivity contribution < 1.29 is 0 Å². The van der Waals surface area contributed by atoms with Crippen molar-refractivity contribution >= 4 is 5.69 Å². The molecule has 0 saturated heterocycles. The highest BCUT2D eigenvalue weighted by molar-refractivity contribution is 5.67. The standard InChI is InChI=1S/C10H11N3/c1-7-2-3-8(11)6-9(7)10-4-5-12-13-10/h2-6H,11H2,1H3,(H,12,13). The monoisotopic (exact) mass is 173 g/mol. The van der Waals surface area contributed by atoms with Crippen molar-refractivity contribution in [2.45, 2.75) is 6.92 Å². The normalized spacial score (nSPS) is 10.2. The summed E-state index contributed by atoms with van der Waals surface area (Å²) in [6.07, 6.45) is 1.73. The van der Waals surface area contributed by atoms with E-state index in [2.05, 4.69) is 17.1 Å². The van der Waals surface area contributed by atoms with Gasteiger partial charge in [-0.3, -0.25) is 5.10 Å². The van der Waals surface area contributed by atoms with E-state index in [4.69, 9.17) is 5.73 Å². The van der Waals surface area contributed by atoms with Crippen LogP contribution in [0.2, 0.25) is 0 Å². The number of rotatable bonds is 1. The van der Waals surface area contributed by atoms with E-state index in [1.165, 1.54) is 5.56 Å². The van der Waals surface area contributed by atoms with Gasteiger partial charge in [0.2, 0.25) is 0 Å². The topological polar surface area (TPSA) is 54.7 Å². The van der Waals surface area contributed by atoms with Crippen LogP contribution < -0.4 is 5.73 Å². The Balaban J connectivity index is 2.57. The van der Waals surface area contributed by atoms with Crippen LogP contribution in [-0.2, 0) is 0 Å². The molecule has 1 aromatic carbocycles. The molecule has 0 saturated carbocycles. The third-order valence-electron chi connectivity index (χ3n) is 2.05. The van der Waals surface area contributed by atoms with Gasteiger partial charge in [0, 0.05) is 17.4 Å². The number of anilines is 1. The Kier molecular flexibility index (Phi) is 1.77. The minimum Gasteiger partial charge on any atom is -0.399 e. The van der Waals surface area contributed by atoms with Crippen molar-refractivity contribution in [3.05, 3.63) is 36.0 Å². The largest absolute Gasteiger partial charge is 0.399 e. The molecule has 0 radical (unpaired) electrons. The summed E-state index contributed by atoms with van der Waals surface area (Å²) in [5, 5.41) is 6.82. The summed E-state index contributed by atoms with van der Waals surface area (Å²) < 4.78 is 0. The molecule has 0 amide bonds. The van der Waals surface area contributed by atoms with E-state index >= 15 is 0 Å². The first-order valence-electron chi connectivity index (χ1n) is 4.13. The Morgan fingerprint density at radius 1 is 1.31 bits per heavy atom. The van der Waals surface area contributed by atoms with E-state index in [1.807, 2.05) is 24.3 Å². The molecule has 0 aliphatic rings. The van der Waals surface area contributed by atoms with Gasteiger partial charge in [0.1, 0.15) is 0 Å². The lowest BCUT2D eigenvalue weighted by molar-refractivity contribution is 1.09. The molecule has 13 heavy (non-hydrogen) atoms. The third kappa shape index (κ3) is 1.40. The molecule has 3 nitrogen and oxygen atoms in total. The maximum Gasteiger partial charge on any atom is 0.0653 e. The lowest BCUT2D eigenvalue weighted by atomic mass is 10.1. The fourth-order valence-electron chi connectivity index (χ4n) is 1.34. The van der Waals surface area contributed by atoms with E-state index < -0.39 is 0 Å². The fraction of sp³-hybridized carbons (Fsp3) is 0.100. The molecule has 0 unspecified atom stereocenters. The predicted molar refractivity (Wildman–Crippen MR) is 53.2 cm³/mol. The molecule has 1 heterocycles. The van der Waals surface area contributed by atoms with Crippen molar-refractivity contribution in [2.24, 2.45) is 0 Å². The van der Waals surface area contributed by atoms with E-state index in [9.17, 15) is 0 Å². The highest BCUT2D eigenvalue weighted by Gasteiger charge is 2.02. The first kappa shape index (κ1) is 7.86. The minimum absolute atomic E-state index is 0.773. The van der Waals surface area contributed by atoms with Crippen LogP contribution in [0.15, 0.2) is 30.5 Å². The van der Waals surface area contributed by atoms with E-state index in [-0.39, 0.29) is 0 Å². The van der Waals surface area contributed by atoms with Gasteiger partial charge in [-0.2, -0.15) is 5.10 Å². The smallest absolute Gasteiger partial charge is 0.0653 e. The number of aromatic nitrogens is 2. The van der Waals surface area contributed by atoms with Gasteiger partial charge < -0.3 is 5.73 Å². The van der Waals surface area contributed by atoms with Gasteiger partial charge in [-0.15, -0.1) is 0 Å². The summed E-state index contributed by atoms with van der Waals surface area (Å²) >= 11 is 0. The molecule has 0 aliphatic carbocycles. The maximum atomic E-state index is 5.70. The number of nitrogens with two attached hydrogens (primary N) is 1. The fourth-order valence-corrected chi connectivity index (χ4v) is 1.34. The molecular formula is C10H11N3. The number of nitrogens with zero attached hydrogens (tertiary/aromatic N) is 1. The van der Waals surface area contributed by atoms with Crippen LogP contribution >= 0.6 is 0 Å².